The molecule has 0 spiro atoms. The minimum atomic E-state index is -0.154. The fraction of sp³-hybridized carbons (Fsp3) is 0.933. The van der Waals surface area contributed by atoms with E-state index in [9.17, 15) is 4.79 Å². The summed E-state index contributed by atoms with van der Waals surface area (Å²) in [5, 5.41) is 0. The number of ether oxygens (including phenoxy) is 2. The van der Waals surface area contributed by atoms with Crippen LogP contribution < -0.4 is 0 Å². The fourth-order valence-corrected chi connectivity index (χ4v) is 3.41. The van der Waals surface area contributed by atoms with Gasteiger partial charge in [-0.1, -0.05) is 20.8 Å². The Hall–Kier alpha value is -0.570. The van der Waals surface area contributed by atoms with Crippen LogP contribution in [0.25, 0.3) is 0 Å². The zero-order valence-corrected chi connectivity index (χ0v) is 12.1. The molecule has 0 radical (unpaired) electrons. The number of rotatable bonds is 1. The molecule has 2 rings (SSSR count). The van der Waals surface area contributed by atoms with E-state index < -0.39 is 0 Å². The minimum absolute atomic E-state index is 0.0174. The van der Waals surface area contributed by atoms with E-state index >= 15 is 0 Å². The van der Waals surface area contributed by atoms with Crippen molar-refractivity contribution in [1.29, 1.82) is 0 Å². The molecule has 0 N–H and O–H groups in total. The van der Waals surface area contributed by atoms with Gasteiger partial charge in [-0.05, 0) is 43.9 Å². The monoisotopic (exact) mass is 254 g/mol. The third-order valence-corrected chi connectivity index (χ3v) is 4.64. The van der Waals surface area contributed by atoms with Crippen LogP contribution in [0, 0.1) is 5.41 Å². The maximum Gasteiger partial charge on any atom is 0.302 e. The molecule has 3 heteroatoms. The molecule has 0 amide bonds. The molecule has 0 aromatic rings. The van der Waals surface area contributed by atoms with Crippen molar-refractivity contribution >= 4 is 5.97 Å². The lowest BCUT2D eigenvalue weighted by Crippen LogP contribution is -2.44. The molecule has 2 fully saturated rings. The van der Waals surface area contributed by atoms with E-state index in [-0.39, 0.29) is 23.1 Å². The van der Waals surface area contributed by atoms with E-state index in [1.54, 1.807) is 0 Å². The fourth-order valence-electron chi connectivity index (χ4n) is 3.41. The van der Waals surface area contributed by atoms with Crippen LogP contribution in [-0.2, 0) is 14.3 Å². The molecular weight excluding hydrogens is 228 g/mol. The lowest BCUT2D eigenvalue weighted by Gasteiger charge is -2.43. The topological polar surface area (TPSA) is 35.5 Å². The molecule has 2 aliphatic heterocycles. The van der Waals surface area contributed by atoms with Gasteiger partial charge in [0.05, 0.1) is 11.7 Å². The summed E-state index contributed by atoms with van der Waals surface area (Å²) in [7, 11) is 0. The highest BCUT2D eigenvalue weighted by atomic mass is 16.5. The van der Waals surface area contributed by atoms with Gasteiger partial charge in [0.25, 0.3) is 0 Å². The maximum atomic E-state index is 11.1. The van der Waals surface area contributed by atoms with Crippen LogP contribution in [0.3, 0.4) is 0 Å². The van der Waals surface area contributed by atoms with Gasteiger partial charge in [0, 0.05) is 6.92 Å². The lowest BCUT2D eigenvalue weighted by molar-refractivity contribution is -0.156. The van der Waals surface area contributed by atoms with Gasteiger partial charge in [-0.25, -0.2) is 0 Å². The van der Waals surface area contributed by atoms with Crippen molar-refractivity contribution in [2.24, 2.45) is 5.41 Å². The van der Waals surface area contributed by atoms with Crippen molar-refractivity contribution in [3.8, 4) is 0 Å². The van der Waals surface area contributed by atoms with Crippen molar-refractivity contribution in [2.45, 2.75) is 84.0 Å². The molecular formula is C15H26O3. The second-order valence-electron chi connectivity index (χ2n) is 6.87. The first-order valence-corrected chi connectivity index (χ1v) is 7.17. The summed E-state index contributed by atoms with van der Waals surface area (Å²) in [6.07, 6.45) is 6.67. The predicted octanol–water partition coefficient (Wildman–Crippen LogP) is 3.46. The van der Waals surface area contributed by atoms with Gasteiger partial charge in [0.1, 0.15) is 6.10 Å². The Morgan fingerprint density at radius 3 is 2.44 bits per heavy atom. The Morgan fingerprint density at radius 2 is 1.83 bits per heavy atom. The third-order valence-electron chi connectivity index (χ3n) is 4.64. The van der Waals surface area contributed by atoms with Gasteiger partial charge in [0.15, 0.2) is 0 Å². The Morgan fingerprint density at radius 1 is 1.17 bits per heavy atom. The van der Waals surface area contributed by atoms with Gasteiger partial charge < -0.3 is 9.47 Å². The van der Waals surface area contributed by atoms with Crippen LogP contribution in [0.1, 0.15) is 66.2 Å². The lowest BCUT2D eigenvalue weighted by atomic mass is 9.72. The highest BCUT2D eigenvalue weighted by molar-refractivity contribution is 5.66. The summed E-state index contributed by atoms with van der Waals surface area (Å²) in [5.41, 5.74) is 0.135. The van der Waals surface area contributed by atoms with Gasteiger partial charge >= 0.3 is 5.97 Å². The number of carbonyl (C=O) groups is 1. The molecule has 2 bridgehead atoms. The molecule has 2 heterocycles. The van der Waals surface area contributed by atoms with Crippen LogP contribution in [0.15, 0.2) is 0 Å². The van der Waals surface area contributed by atoms with E-state index in [4.69, 9.17) is 9.47 Å². The third kappa shape index (κ3) is 2.71. The smallest absolute Gasteiger partial charge is 0.302 e. The van der Waals surface area contributed by atoms with Crippen molar-refractivity contribution in [3.05, 3.63) is 0 Å². The summed E-state index contributed by atoms with van der Waals surface area (Å²) >= 11 is 0. The molecule has 0 aromatic heterocycles. The maximum absolute atomic E-state index is 11.1. The van der Waals surface area contributed by atoms with Crippen molar-refractivity contribution in [3.63, 3.8) is 0 Å². The molecule has 0 unspecified atom stereocenters. The normalized spacial score (nSPS) is 36.9. The summed E-state index contributed by atoms with van der Waals surface area (Å²) in [6.45, 7) is 8.29. The second-order valence-corrected chi connectivity index (χ2v) is 6.87. The largest absolute Gasteiger partial charge is 0.463 e. The van der Waals surface area contributed by atoms with E-state index in [0.29, 0.717) is 6.10 Å². The van der Waals surface area contributed by atoms with E-state index in [1.165, 1.54) is 6.92 Å². The summed E-state index contributed by atoms with van der Waals surface area (Å²) in [5.74, 6) is -0.154. The van der Waals surface area contributed by atoms with Crippen LogP contribution in [-0.4, -0.2) is 23.8 Å². The summed E-state index contributed by atoms with van der Waals surface area (Å²) < 4.78 is 11.8. The molecule has 3 atom stereocenters. The first-order chi connectivity index (χ1) is 8.32. The van der Waals surface area contributed by atoms with Crippen LogP contribution in [0.4, 0.5) is 0 Å². The SMILES string of the molecule is CC(=O)O[C@H]1CC[C@H]2CC[C@@](C(C)(C)C)(CC1)O2. The van der Waals surface area contributed by atoms with Crippen LogP contribution in [0.5, 0.6) is 0 Å². The van der Waals surface area contributed by atoms with E-state index in [0.717, 1.165) is 38.5 Å². The number of hydrogen-bond donors (Lipinski definition) is 0. The molecule has 0 aromatic carbocycles. The number of hydrogen-bond acceptors (Lipinski definition) is 3. The average molecular weight is 254 g/mol. The standard InChI is InChI=1S/C15H26O3/c1-11(16)17-12-5-6-13-8-10-15(18-13,9-7-12)14(2,3)4/h12-13H,5-10H2,1-4H3/t12-,13-,15+/m0/s1. The van der Waals surface area contributed by atoms with Gasteiger partial charge in [-0.15, -0.1) is 0 Å². The minimum Gasteiger partial charge on any atom is -0.463 e. The number of fused-ring (bicyclic) bond motifs is 2. The quantitative estimate of drug-likeness (QED) is 0.672. The zero-order chi connectivity index (χ0) is 13.4. The highest BCUT2D eigenvalue weighted by Gasteiger charge is 2.49. The Kier molecular flexibility index (Phi) is 3.72. The van der Waals surface area contributed by atoms with E-state index in [2.05, 4.69) is 20.8 Å². The molecule has 3 nitrogen and oxygen atoms in total. The first kappa shape index (κ1) is 13.9. The molecule has 2 aliphatic rings. The van der Waals surface area contributed by atoms with Crippen molar-refractivity contribution in [2.75, 3.05) is 0 Å². The highest BCUT2D eigenvalue weighted by Crippen LogP contribution is 2.49. The Bertz CT molecular complexity index is 318. The second kappa shape index (κ2) is 4.84. The van der Waals surface area contributed by atoms with Gasteiger partial charge in [-0.3, -0.25) is 4.79 Å². The predicted molar refractivity (Wildman–Crippen MR) is 70.3 cm³/mol. The van der Waals surface area contributed by atoms with Gasteiger partial charge in [0.2, 0.25) is 0 Å². The molecule has 0 aliphatic carbocycles. The molecule has 0 saturated carbocycles. The number of carbonyl (C=O) groups excluding carboxylic acids is 1. The summed E-state index contributed by atoms with van der Waals surface area (Å²) in [4.78, 5) is 11.1. The Balaban J connectivity index is 2.09. The average Bonchev–Trinajstić information content (AvgIpc) is 2.65. The van der Waals surface area contributed by atoms with Crippen LogP contribution >= 0.6 is 0 Å². The molecule has 18 heavy (non-hydrogen) atoms. The van der Waals surface area contributed by atoms with Crippen molar-refractivity contribution < 1.29 is 14.3 Å². The Labute approximate surface area is 110 Å². The van der Waals surface area contributed by atoms with Crippen LogP contribution in [0.2, 0.25) is 0 Å². The molecule has 104 valence electrons. The molecule has 2 saturated heterocycles. The summed E-state index contributed by atoms with van der Waals surface area (Å²) in [6, 6.07) is 0. The van der Waals surface area contributed by atoms with E-state index in [1.807, 2.05) is 0 Å². The van der Waals surface area contributed by atoms with Crippen molar-refractivity contribution in [1.82, 2.24) is 0 Å². The zero-order valence-electron chi connectivity index (χ0n) is 12.1. The number of esters is 1. The first-order valence-electron chi connectivity index (χ1n) is 7.17. The van der Waals surface area contributed by atoms with Gasteiger partial charge in [-0.2, -0.15) is 0 Å².